The monoisotopic (exact) mass is 173 g/mol. The highest BCUT2D eigenvalue weighted by Gasteiger charge is 2.30. The molecule has 0 aliphatic carbocycles. The number of rotatable bonds is 0. The van der Waals surface area contributed by atoms with Gasteiger partial charge in [-0.15, -0.1) is 0 Å². The van der Waals surface area contributed by atoms with E-state index < -0.39 is 0 Å². The van der Waals surface area contributed by atoms with Crippen molar-refractivity contribution in [3.63, 3.8) is 0 Å². The van der Waals surface area contributed by atoms with Crippen molar-refractivity contribution in [2.75, 3.05) is 24.5 Å². The first-order valence-electron chi connectivity index (χ1n) is 4.93. The van der Waals surface area contributed by atoms with Crippen molar-refractivity contribution in [2.24, 2.45) is 0 Å². The molecular weight excluding hydrogens is 160 g/mol. The number of para-hydroxylation sites is 1. The summed E-state index contributed by atoms with van der Waals surface area (Å²) in [6.07, 6.45) is 1.19. The fourth-order valence-electron chi connectivity index (χ4n) is 2.41. The lowest BCUT2D eigenvalue weighted by molar-refractivity contribution is 0.487. The Balaban J connectivity index is 2.01. The average molecular weight is 173 g/mol. The van der Waals surface area contributed by atoms with Gasteiger partial charge in [0.2, 0.25) is 0 Å². The third kappa shape index (κ3) is 1.05. The lowest BCUT2D eigenvalue weighted by atomic mass is 10.1. The number of hydrogen-bond acceptors (Lipinski definition) is 1. The average Bonchev–Trinajstić information content (AvgIpc) is 2.56. The van der Waals surface area contributed by atoms with Gasteiger partial charge in [0.05, 0.1) is 0 Å². The van der Waals surface area contributed by atoms with E-state index >= 15 is 0 Å². The number of fused-ring (bicyclic) bond motifs is 3. The zero-order valence-corrected chi connectivity index (χ0v) is 7.61. The molecule has 1 atom stereocenters. The second-order valence-corrected chi connectivity index (χ2v) is 3.81. The maximum Gasteiger partial charge on any atom is 0.0472 e. The molecule has 13 heavy (non-hydrogen) atoms. The van der Waals surface area contributed by atoms with Gasteiger partial charge in [0, 0.05) is 31.4 Å². The van der Waals surface area contributed by atoms with Crippen LogP contribution in [0.15, 0.2) is 24.3 Å². The Bertz CT molecular complexity index is 322. The van der Waals surface area contributed by atoms with Gasteiger partial charge in [-0.2, -0.15) is 0 Å². The van der Waals surface area contributed by atoms with E-state index in [2.05, 4.69) is 34.5 Å². The minimum absolute atomic E-state index is 0.658. The van der Waals surface area contributed by atoms with Crippen LogP contribution in [0.2, 0.25) is 0 Å². The molecule has 2 nitrogen and oxygen atoms in total. The van der Waals surface area contributed by atoms with E-state index in [4.69, 9.17) is 0 Å². The van der Waals surface area contributed by atoms with Crippen LogP contribution in [-0.4, -0.2) is 25.7 Å². The summed E-state index contributed by atoms with van der Waals surface area (Å²) in [6.45, 7) is 3.14. The fourth-order valence-corrected chi connectivity index (χ4v) is 2.41. The number of piperazine rings is 1. The Hall–Kier alpha value is -1.02. The van der Waals surface area contributed by atoms with Crippen molar-refractivity contribution < 1.29 is 0 Å². The van der Waals surface area contributed by atoms with Gasteiger partial charge in [0.15, 0.2) is 0 Å². The quantitative estimate of drug-likeness (QED) is 0.573. The smallest absolute Gasteiger partial charge is 0.0472 e. The Morgan fingerprint density at radius 2 is 2.23 bits per heavy atom. The van der Waals surface area contributed by atoms with Crippen molar-refractivity contribution in [3.05, 3.63) is 29.8 Å². The molecule has 2 aliphatic heterocycles. The van der Waals surface area contributed by atoms with E-state index in [9.17, 15) is 0 Å². The maximum atomic E-state index is 4.46. The van der Waals surface area contributed by atoms with Gasteiger partial charge in [-0.25, -0.2) is 5.32 Å². The summed E-state index contributed by atoms with van der Waals surface area (Å²) in [7, 11) is 0. The molecule has 1 unspecified atom stereocenters. The minimum Gasteiger partial charge on any atom is -0.365 e. The van der Waals surface area contributed by atoms with Crippen LogP contribution in [0.4, 0.5) is 5.69 Å². The van der Waals surface area contributed by atoms with Gasteiger partial charge in [-0.3, -0.25) is 0 Å². The maximum absolute atomic E-state index is 4.46. The number of nitrogens with zero attached hydrogens (tertiary/aromatic N) is 2. The largest absolute Gasteiger partial charge is 0.365 e. The van der Waals surface area contributed by atoms with Gasteiger partial charge < -0.3 is 4.90 Å². The van der Waals surface area contributed by atoms with Crippen LogP contribution in [0, 0.1) is 0 Å². The van der Waals surface area contributed by atoms with E-state index in [1.54, 1.807) is 0 Å². The third-order valence-corrected chi connectivity index (χ3v) is 3.04. The SMILES string of the molecule is c1ccc2c(c1)CC1C[N]CCN21. The summed E-state index contributed by atoms with van der Waals surface area (Å²) < 4.78 is 0. The highest BCUT2D eigenvalue weighted by atomic mass is 15.2. The molecule has 67 valence electrons. The second kappa shape index (κ2) is 2.74. The summed E-state index contributed by atoms with van der Waals surface area (Å²) in [6, 6.07) is 9.40. The van der Waals surface area contributed by atoms with E-state index in [1.165, 1.54) is 17.7 Å². The first-order valence-corrected chi connectivity index (χ1v) is 4.93. The van der Waals surface area contributed by atoms with Crippen LogP contribution in [0.1, 0.15) is 5.56 Å². The fraction of sp³-hybridized carbons (Fsp3) is 0.455. The molecule has 0 saturated carbocycles. The number of anilines is 1. The van der Waals surface area contributed by atoms with Gasteiger partial charge >= 0.3 is 0 Å². The van der Waals surface area contributed by atoms with Gasteiger partial charge in [-0.1, -0.05) is 18.2 Å². The third-order valence-electron chi connectivity index (χ3n) is 3.04. The van der Waals surface area contributed by atoms with Gasteiger partial charge in [0.1, 0.15) is 0 Å². The molecule has 2 heteroatoms. The molecule has 1 saturated heterocycles. The molecule has 0 amide bonds. The molecule has 1 fully saturated rings. The summed E-state index contributed by atoms with van der Waals surface area (Å²) in [5.74, 6) is 0. The van der Waals surface area contributed by atoms with E-state index in [0.29, 0.717) is 6.04 Å². The molecule has 1 aromatic rings. The van der Waals surface area contributed by atoms with E-state index in [1.807, 2.05) is 0 Å². The van der Waals surface area contributed by atoms with Crippen molar-refractivity contribution >= 4 is 5.69 Å². The Morgan fingerprint density at radius 1 is 1.31 bits per heavy atom. The van der Waals surface area contributed by atoms with Crippen molar-refractivity contribution in [2.45, 2.75) is 12.5 Å². The Labute approximate surface area is 78.6 Å². The van der Waals surface area contributed by atoms with E-state index in [-0.39, 0.29) is 0 Å². The predicted octanol–water partition coefficient (Wildman–Crippen LogP) is 1.04. The first kappa shape index (κ1) is 7.39. The van der Waals surface area contributed by atoms with Crippen LogP contribution >= 0.6 is 0 Å². The van der Waals surface area contributed by atoms with Crippen LogP contribution < -0.4 is 10.2 Å². The lowest BCUT2D eigenvalue weighted by Crippen LogP contribution is -2.46. The number of hydrogen-bond donors (Lipinski definition) is 0. The molecule has 0 spiro atoms. The topological polar surface area (TPSA) is 17.3 Å². The molecule has 0 bridgehead atoms. The van der Waals surface area contributed by atoms with Crippen LogP contribution in [-0.2, 0) is 6.42 Å². The summed E-state index contributed by atoms with van der Waals surface area (Å²) in [5.41, 5.74) is 2.95. The minimum atomic E-state index is 0.658. The molecule has 0 aromatic heterocycles. The molecule has 1 aromatic carbocycles. The normalized spacial score (nSPS) is 25.5. The molecule has 2 heterocycles. The van der Waals surface area contributed by atoms with Crippen molar-refractivity contribution in [3.8, 4) is 0 Å². The molecule has 3 rings (SSSR count). The molecule has 2 aliphatic rings. The lowest BCUT2D eigenvalue weighted by Gasteiger charge is -2.31. The van der Waals surface area contributed by atoms with Crippen molar-refractivity contribution in [1.82, 2.24) is 5.32 Å². The zero-order chi connectivity index (χ0) is 8.67. The van der Waals surface area contributed by atoms with Crippen LogP contribution in [0.3, 0.4) is 0 Å². The van der Waals surface area contributed by atoms with Gasteiger partial charge in [0.25, 0.3) is 0 Å². The summed E-state index contributed by atoms with van der Waals surface area (Å²) in [4.78, 5) is 2.52. The first-order chi connectivity index (χ1) is 6.45. The highest BCUT2D eigenvalue weighted by molar-refractivity contribution is 5.59. The number of benzene rings is 1. The standard InChI is InChI=1S/C11H13N2/c1-2-4-11-9(3-1)7-10-8-12-5-6-13(10)11/h1-4,10H,5-8H2. The van der Waals surface area contributed by atoms with Crippen molar-refractivity contribution in [1.29, 1.82) is 0 Å². The van der Waals surface area contributed by atoms with Gasteiger partial charge in [-0.05, 0) is 18.1 Å². The van der Waals surface area contributed by atoms with E-state index in [0.717, 1.165) is 19.6 Å². The Morgan fingerprint density at radius 3 is 3.23 bits per heavy atom. The second-order valence-electron chi connectivity index (χ2n) is 3.81. The zero-order valence-electron chi connectivity index (χ0n) is 7.61. The van der Waals surface area contributed by atoms with Crippen LogP contribution in [0.5, 0.6) is 0 Å². The summed E-state index contributed by atoms with van der Waals surface area (Å²) >= 11 is 0. The molecule has 1 radical (unpaired) electrons. The molecule has 0 N–H and O–H groups in total. The highest BCUT2D eigenvalue weighted by Crippen LogP contribution is 2.32. The summed E-state index contributed by atoms with van der Waals surface area (Å²) in [5, 5.41) is 4.46. The molecular formula is C11H13N2. The van der Waals surface area contributed by atoms with Crippen LogP contribution in [0.25, 0.3) is 0 Å². The predicted molar refractivity (Wildman–Crippen MR) is 53.1 cm³/mol. The Kier molecular flexibility index (Phi) is 1.56.